The molecular weight excluding hydrogens is 340 g/mol. The summed E-state index contributed by atoms with van der Waals surface area (Å²) >= 11 is 0. The van der Waals surface area contributed by atoms with Crippen LogP contribution in [0.1, 0.15) is 51.0 Å². The van der Waals surface area contributed by atoms with Crippen LogP contribution in [0, 0.1) is 5.92 Å². The van der Waals surface area contributed by atoms with Crippen LogP contribution in [0.2, 0.25) is 0 Å². The molecule has 0 radical (unpaired) electrons. The van der Waals surface area contributed by atoms with Crippen molar-refractivity contribution < 1.29 is 4.74 Å². The molecule has 148 valence electrons. The molecule has 27 heavy (non-hydrogen) atoms. The molecule has 0 atom stereocenters. The molecular formula is C20H32N6O. The van der Waals surface area contributed by atoms with E-state index in [1.807, 2.05) is 10.7 Å². The average molecular weight is 373 g/mol. The van der Waals surface area contributed by atoms with Gasteiger partial charge < -0.3 is 20.7 Å². The predicted molar refractivity (Wildman–Crippen MR) is 109 cm³/mol. The SMILES string of the molecule is CC(C)c1cnn2c(NC3CCNCC3)cc(NCC3CCOCC3)nc12. The molecule has 3 N–H and O–H groups in total. The van der Waals surface area contributed by atoms with Gasteiger partial charge in [0.2, 0.25) is 0 Å². The molecule has 4 rings (SSSR count). The molecule has 2 saturated heterocycles. The van der Waals surface area contributed by atoms with E-state index < -0.39 is 0 Å². The molecule has 0 aromatic carbocycles. The predicted octanol–water partition coefficient (Wildman–Crippen LogP) is 2.86. The highest BCUT2D eigenvalue weighted by Crippen LogP contribution is 2.25. The van der Waals surface area contributed by atoms with Gasteiger partial charge >= 0.3 is 0 Å². The van der Waals surface area contributed by atoms with E-state index in [1.54, 1.807) is 0 Å². The Kier molecular flexibility index (Phi) is 5.78. The quantitative estimate of drug-likeness (QED) is 0.724. The molecule has 2 fully saturated rings. The van der Waals surface area contributed by atoms with Crippen molar-refractivity contribution in [3.63, 3.8) is 0 Å². The monoisotopic (exact) mass is 372 g/mol. The fourth-order valence-corrected chi connectivity index (χ4v) is 3.96. The molecule has 2 aromatic rings. The zero-order chi connectivity index (χ0) is 18.6. The summed E-state index contributed by atoms with van der Waals surface area (Å²) in [6.45, 7) is 9.23. The number of piperidine rings is 1. The number of fused-ring (bicyclic) bond motifs is 1. The van der Waals surface area contributed by atoms with E-state index in [0.29, 0.717) is 17.9 Å². The number of hydrogen-bond donors (Lipinski definition) is 3. The lowest BCUT2D eigenvalue weighted by Crippen LogP contribution is -2.35. The average Bonchev–Trinajstić information content (AvgIpc) is 3.13. The van der Waals surface area contributed by atoms with Gasteiger partial charge in [-0.15, -0.1) is 0 Å². The van der Waals surface area contributed by atoms with Gasteiger partial charge in [-0.25, -0.2) is 4.98 Å². The highest BCUT2D eigenvalue weighted by molar-refractivity contribution is 5.61. The van der Waals surface area contributed by atoms with Gasteiger partial charge in [0, 0.05) is 37.4 Å². The second-order valence-electron chi connectivity index (χ2n) is 8.12. The van der Waals surface area contributed by atoms with Crippen molar-refractivity contribution in [1.82, 2.24) is 19.9 Å². The summed E-state index contributed by atoms with van der Waals surface area (Å²) in [5.74, 6) is 3.03. The molecule has 0 aliphatic carbocycles. The lowest BCUT2D eigenvalue weighted by Gasteiger charge is -2.25. The molecule has 2 aliphatic heterocycles. The van der Waals surface area contributed by atoms with Gasteiger partial charge in [0.15, 0.2) is 5.65 Å². The van der Waals surface area contributed by atoms with Crippen molar-refractivity contribution in [2.75, 3.05) is 43.5 Å². The Hall–Kier alpha value is -1.86. The van der Waals surface area contributed by atoms with Crippen LogP contribution in [0.25, 0.3) is 5.65 Å². The molecule has 7 heteroatoms. The number of rotatable bonds is 6. The lowest BCUT2D eigenvalue weighted by molar-refractivity contribution is 0.0699. The van der Waals surface area contributed by atoms with Gasteiger partial charge in [0.1, 0.15) is 11.6 Å². The number of nitrogens with one attached hydrogen (secondary N) is 3. The Labute approximate surface area is 161 Å². The minimum absolute atomic E-state index is 0.396. The van der Waals surface area contributed by atoms with Crippen LogP contribution in [0.5, 0.6) is 0 Å². The van der Waals surface area contributed by atoms with Gasteiger partial charge in [0.25, 0.3) is 0 Å². The Morgan fingerprint density at radius 3 is 2.74 bits per heavy atom. The molecule has 4 heterocycles. The van der Waals surface area contributed by atoms with Crippen LogP contribution in [0.4, 0.5) is 11.6 Å². The van der Waals surface area contributed by atoms with Crippen molar-refractivity contribution in [3.05, 3.63) is 17.8 Å². The van der Waals surface area contributed by atoms with Crippen LogP contribution in [-0.4, -0.2) is 53.5 Å². The minimum atomic E-state index is 0.396. The third-order valence-electron chi connectivity index (χ3n) is 5.72. The molecule has 2 aromatic heterocycles. The van der Waals surface area contributed by atoms with Crippen molar-refractivity contribution in [3.8, 4) is 0 Å². The van der Waals surface area contributed by atoms with Gasteiger partial charge in [-0.2, -0.15) is 9.61 Å². The van der Waals surface area contributed by atoms with E-state index in [0.717, 1.165) is 75.8 Å². The first-order valence-electron chi connectivity index (χ1n) is 10.4. The number of ether oxygens (including phenoxy) is 1. The van der Waals surface area contributed by atoms with E-state index in [-0.39, 0.29) is 0 Å². The molecule has 2 aliphatic rings. The van der Waals surface area contributed by atoms with Crippen LogP contribution in [-0.2, 0) is 4.74 Å². The topological polar surface area (TPSA) is 75.5 Å². The summed E-state index contributed by atoms with van der Waals surface area (Å²) in [6, 6.07) is 2.60. The maximum absolute atomic E-state index is 5.47. The molecule has 7 nitrogen and oxygen atoms in total. The van der Waals surface area contributed by atoms with Crippen molar-refractivity contribution >= 4 is 17.3 Å². The number of anilines is 2. The summed E-state index contributed by atoms with van der Waals surface area (Å²) in [6.07, 6.45) is 6.47. The first-order chi connectivity index (χ1) is 13.2. The van der Waals surface area contributed by atoms with Crippen LogP contribution < -0.4 is 16.0 Å². The highest BCUT2D eigenvalue weighted by atomic mass is 16.5. The van der Waals surface area contributed by atoms with Gasteiger partial charge in [-0.05, 0) is 50.6 Å². The van der Waals surface area contributed by atoms with Gasteiger partial charge in [-0.3, -0.25) is 0 Å². The zero-order valence-electron chi connectivity index (χ0n) is 16.5. The largest absolute Gasteiger partial charge is 0.381 e. The van der Waals surface area contributed by atoms with Crippen LogP contribution in [0.15, 0.2) is 12.3 Å². The maximum Gasteiger partial charge on any atom is 0.163 e. The number of nitrogens with zero attached hydrogens (tertiary/aromatic N) is 3. The fourth-order valence-electron chi connectivity index (χ4n) is 3.96. The van der Waals surface area contributed by atoms with E-state index in [2.05, 4.69) is 41.0 Å². The van der Waals surface area contributed by atoms with Crippen LogP contribution in [0.3, 0.4) is 0 Å². The lowest BCUT2D eigenvalue weighted by atomic mass is 10.0. The Balaban J connectivity index is 1.58. The Morgan fingerprint density at radius 2 is 2.00 bits per heavy atom. The summed E-state index contributed by atoms with van der Waals surface area (Å²) in [5, 5.41) is 15.4. The van der Waals surface area contributed by atoms with Crippen molar-refractivity contribution in [1.29, 1.82) is 0 Å². The Morgan fingerprint density at radius 1 is 1.22 bits per heavy atom. The van der Waals surface area contributed by atoms with Gasteiger partial charge in [-0.1, -0.05) is 13.8 Å². The summed E-state index contributed by atoms with van der Waals surface area (Å²) in [4.78, 5) is 4.90. The molecule has 0 spiro atoms. The van der Waals surface area contributed by atoms with E-state index in [4.69, 9.17) is 9.72 Å². The summed E-state index contributed by atoms with van der Waals surface area (Å²) in [7, 11) is 0. The smallest absolute Gasteiger partial charge is 0.163 e. The minimum Gasteiger partial charge on any atom is -0.381 e. The normalized spacial score (nSPS) is 19.7. The first-order valence-corrected chi connectivity index (χ1v) is 10.4. The fraction of sp³-hybridized carbons (Fsp3) is 0.700. The molecule has 0 unspecified atom stereocenters. The first kappa shape index (κ1) is 18.5. The summed E-state index contributed by atoms with van der Waals surface area (Å²) < 4.78 is 7.44. The van der Waals surface area contributed by atoms with Crippen molar-refractivity contribution in [2.24, 2.45) is 5.92 Å². The van der Waals surface area contributed by atoms with E-state index in [1.165, 1.54) is 5.56 Å². The second-order valence-corrected chi connectivity index (χ2v) is 8.12. The molecule has 0 bridgehead atoms. The van der Waals surface area contributed by atoms with Crippen molar-refractivity contribution in [2.45, 2.75) is 51.5 Å². The molecule has 0 amide bonds. The van der Waals surface area contributed by atoms with E-state index in [9.17, 15) is 0 Å². The third-order valence-corrected chi connectivity index (χ3v) is 5.72. The van der Waals surface area contributed by atoms with Crippen LogP contribution >= 0.6 is 0 Å². The highest BCUT2D eigenvalue weighted by Gasteiger charge is 2.19. The molecule has 0 saturated carbocycles. The standard InChI is InChI=1S/C20H32N6O/c1-14(2)17-13-23-26-19(24-16-3-7-21-8-4-16)11-18(25-20(17)26)22-12-15-5-9-27-10-6-15/h11,13-16,21,24H,3-10,12H2,1-2H3,(H,22,25). The Bertz CT molecular complexity index is 746. The summed E-state index contributed by atoms with van der Waals surface area (Å²) in [5.41, 5.74) is 2.15. The number of hydrogen-bond acceptors (Lipinski definition) is 6. The second kappa shape index (κ2) is 8.44. The number of aromatic nitrogens is 3. The maximum atomic E-state index is 5.47. The van der Waals surface area contributed by atoms with Gasteiger partial charge in [0.05, 0.1) is 6.20 Å². The van der Waals surface area contributed by atoms with E-state index >= 15 is 0 Å². The third kappa shape index (κ3) is 4.35. The zero-order valence-corrected chi connectivity index (χ0v) is 16.5.